The molecule has 0 N–H and O–H groups in total. The molecule has 4 rings (SSSR count). The molecular formula is C17H15NOS2. The molecule has 0 spiro atoms. The number of ketones is 1. The molecule has 0 amide bonds. The van der Waals surface area contributed by atoms with Gasteiger partial charge in [0.05, 0.1) is 5.69 Å². The topological polar surface area (TPSA) is 30.0 Å². The Labute approximate surface area is 131 Å². The van der Waals surface area contributed by atoms with E-state index in [2.05, 4.69) is 17.5 Å². The lowest BCUT2D eigenvalue weighted by molar-refractivity contribution is 0.101. The fourth-order valence-corrected chi connectivity index (χ4v) is 5.44. The van der Waals surface area contributed by atoms with Crippen LogP contribution in [0.5, 0.6) is 0 Å². The largest absolute Gasteiger partial charge is 0.294 e. The maximum absolute atomic E-state index is 12.2. The maximum Gasteiger partial charge on any atom is 0.162 e. The highest BCUT2D eigenvalue weighted by atomic mass is 32.1. The predicted octanol–water partition coefficient (Wildman–Crippen LogP) is 5.02. The number of pyridine rings is 1. The van der Waals surface area contributed by atoms with E-state index in [1.807, 2.05) is 18.3 Å². The summed E-state index contributed by atoms with van der Waals surface area (Å²) in [5, 5.41) is 3.32. The fraction of sp³-hybridized carbons (Fsp3) is 0.294. The Morgan fingerprint density at radius 2 is 2.19 bits per heavy atom. The van der Waals surface area contributed by atoms with E-state index in [1.54, 1.807) is 18.3 Å². The zero-order valence-electron chi connectivity index (χ0n) is 12.0. The van der Waals surface area contributed by atoms with Crippen molar-refractivity contribution in [3.63, 3.8) is 0 Å². The smallest absolute Gasteiger partial charge is 0.162 e. The van der Waals surface area contributed by atoms with E-state index >= 15 is 0 Å². The van der Waals surface area contributed by atoms with Crippen LogP contribution >= 0.6 is 22.7 Å². The van der Waals surface area contributed by atoms with Crippen LogP contribution in [0, 0.1) is 6.92 Å². The number of rotatable bonds is 2. The molecule has 2 nitrogen and oxygen atoms in total. The van der Waals surface area contributed by atoms with Crippen molar-refractivity contribution < 1.29 is 4.79 Å². The summed E-state index contributed by atoms with van der Waals surface area (Å²) >= 11 is 3.52. The fourth-order valence-electron chi connectivity index (χ4n) is 3.34. The zero-order valence-corrected chi connectivity index (χ0v) is 13.7. The minimum Gasteiger partial charge on any atom is -0.294 e. The van der Waals surface area contributed by atoms with Crippen LogP contribution < -0.4 is 0 Å². The minimum atomic E-state index is 0.114. The van der Waals surface area contributed by atoms with Gasteiger partial charge in [-0.1, -0.05) is 6.07 Å². The maximum atomic E-state index is 12.2. The number of thiophene rings is 2. The Hall–Kier alpha value is -1.52. The van der Waals surface area contributed by atoms with E-state index in [4.69, 9.17) is 4.98 Å². The molecule has 0 aromatic carbocycles. The summed E-state index contributed by atoms with van der Waals surface area (Å²) in [6.07, 6.45) is 3.51. The van der Waals surface area contributed by atoms with E-state index in [9.17, 15) is 4.79 Å². The summed E-state index contributed by atoms with van der Waals surface area (Å²) in [4.78, 5) is 20.7. The van der Waals surface area contributed by atoms with Gasteiger partial charge in [-0.05, 0) is 50.1 Å². The van der Waals surface area contributed by atoms with Crippen LogP contribution in [0.25, 0.3) is 20.7 Å². The van der Waals surface area contributed by atoms with Crippen molar-refractivity contribution in [2.24, 2.45) is 0 Å². The number of nitrogens with zero attached hydrogens (tertiary/aromatic N) is 1. The van der Waals surface area contributed by atoms with Crippen molar-refractivity contribution in [3.8, 4) is 10.4 Å². The first-order chi connectivity index (χ1) is 10.2. The Morgan fingerprint density at radius 3 is 2.90 bits per heavy atom. The molecule has 0 saturated heterocycles. The first-order valence-electron chi connectivity index (χ1n) is 7.16. The van der Waals surface area contributed by atoms with Crippen LogP contribution in [0.3, 0.4) is 0 Å². The summed E-state index contributed by atoms with van der Waals surface area (Å²) in [7, 11) is 0. The normalized spacial score (nSPS) is 13.8. The minimum absolute atomic E-state index is 0.114. The summed E-state index contributed by atoms with van der Waals surface area (Å²) < 4.78 is 0. The Bertz CT molecular complexity index is 859. The number of aryl methyl sites for hydroxylation is 3. The van der Waals surface area contributed by atoms with Gasteiger partial charge in [0.1, 0.15) is 4.83 Å². The van der Waals surface area contributed by atoms with Gasteiger partial charge in [0.2, 0.25) is 0 Å². The molecule has 0 fully saturated rings. The van der Waals surface area contributed by atoms with Gasteiger partial charge in [0.15, 0.2) is 5.78 Å². The van der Waals surface area contributed by atoms with Crippen LogP contribution in [0.15, 0.2) is 17.5 Å². The van der Waals surface area contributed by atoms with Crippen LogP contribution in [-0.2, 0) is 12.8 Å². The molecule has 1 aliphatic carbocycles. The van der Waals surface area contributed by atoms with Crippen LogP contribution in [0.1, 0.15) is 39.8 Å². The number of carbonyl (C=O) groups is 1. The highest BCUT2D eigenvalue weighted by Gasteiger charge is 2.25. The quantitative estimate of drug-likeness (QED) is 0.621. The molecule has 0 radical (unpaired) electrons. The van der Waals surface area contributed by atoms with Gasteiger partial charge in [-0.15, -0.1) is 22.7 Å². The Kier molecular flexibility index (Phi) is 2.98. The first-order valence-corrected chi connectivity index (χ1v) is 8.86. The molecule has 3 heterocycles. The summed E-state index contributed by atoms with van der Waals surface area (Å²) in [5.41, 5.74) is 4.23. The van der Waals surface area contributed by atoms with E-state index in [-0.39, 0.29) is 5.78 Å². The molecule has 1 aliphatic rings. The molecule has 106 valence electrons. The van der Waals surface area contributed by atoms with Gasteiger partial charge in [0, 0.05) is 26.3 Å². The number of hydrogen-bond acceptors (Lipinski definition) is 4. The van der Waals surface area contributed by atoms with Crippen molar-refractivity contribution in [1.82, 2.24) is 4.98 Å². The van der Waals surface area contributed by atoms with E-state index in [0.29, 0.717) is 0 Å². The highest BCUT2D eigenvalue weighted by Crippen LogP contribution is 2.44. The van der Waals surface area contributed by atoms with Gasteiger partial charge in [-0.3, -0.25) is 4.79 Å². The second-order valence-corrected chi connectivity index (χ2v) is 7.55. The number of fused-ring (bicyclic) bond motifs is 3. The number of aromatic nitrogens is 1. The third-order valence-electron chi connectivity index (χ3n) is 4.15. The summed E-state index contributed by atoms with van der Waals surface area (Å²) in [6, 6.07) is 4.17. The predicted molar refractivity (Wildman–Crippen MR) is 89.7 cm³/mol. The van der Waals surface area contributed by atoms with E-state index < -0.39 is 0 Å². The third kappa shape index (κ3) is 1.89. The van der Waals surface area contributed by atoms with Crippen LogP contribution in [0.2, 0.25) is 0 Å². The zero-order chi connectivity index (χ0) is 14.6. The SMILES string of the molecule is CC(=O)c1c(C)nc2sc3c(c2c1-c1cccs1)CCC3. The van der Waals surface area contributed by atoms with Crippen molar-refractivity contribution >= 4 is 38.7 Å². The molecule has 0 aliphatic heterocycles. The van der Waals surface area contributed by atoms with Crippen molar-refractivity contribution in [3.05, 3.63) is 39.2 Å². The molecule has 3 aromatic heterocycles. The molecule has 0 saturated carbocycles. The number of Topliss-reactive ketones (excluding diaryl/α,β-unsaturated/α-hetero) is 1. The third-order valence-corrected chi connectivity index (χ3v) is 6.23. The van der Waals surface area contributed by atoms with Crippen LogP contribution in [-0.4, -0.2) is 10.8 Å². The van der Waals surface area contributed by atoms with Crippen molar-refractivity contribution in [2.75, 3.05) is 0 Å². The standard InChI is InChI=1S/C17H15NOS2/c1-9-14(10(2)19)16(13-7-4-8-20-13)15-11-5-3-6-12(11)21-17(15)18-9/h4,7-8H,3,5-6H2,1-2H3. The summed E-state index contributed by atoms with van der Waals surface area (Å²) in [5.74, 6) is 0.114. The highest BCUT2D eigenvalue weighted by molar-refractivity contribution is 7.19. The molecule has 21 heavy (non-hydrogen) atoms. The number of carbonyl (C=O) groups excluding carboxylic acids is 1. The average Bonchev–Trinajstić information content (AvgIpc) is 3.12. The average molecular weight is 313 g/mol. The monoisotopic (exact) mass is 313 g/mol. The van der Waals surface area contributed by atoms with Crippen molar-refractivity contribution in [1.29, 1.82) is 0 Å². The molecule has 4 heteroatoms. The Balaban J connectivity index is 2.19. The van der Waals surface area contributed by atoms with E-state index in [0.717, 1.165) is 34.5 Å². The second-order valence-electron chi connectivity index (χ2n) is 5.52. The molecular weight excluding hydrogens is 298 g/mol. The Morgan fingerprint density at radius 1 is 1.33 bits per heavy atom. The first kappa shape index (κ1) is 13.2. The summed E-state index contributed by atoms with van der Waals surface area (Å²) in [6.45, 7) is 3.61. The van der Waals surface area contributed by atoms with Gasteiger partial charge >= 0.3 is 0 Å². The molecule has 0 bridgehead atoms. The van der Waals surface area contributed by atoms with Gasteiger partial charge < -0.3 is 0 Å². The molecule has 0 unspecified atom stereocenters. The van der Waals surface area contributed by atoms with Crippen LogP contribution in [0.4, 0.5) is 0 Å². The lowest BCUT2D eigenvalue weighted by Gasteiger charge is -2.11. The molecule has 0 atom stereocenters. The lowest BCUT2D eigenvalue weighted by Crippen LogP contribution is -2.02. The second kappa shape index (κ2) is 4.75. The number of hydrogen-bond donors (Lipinski definition) is 0. The molecule has 3 aromatic rings. The lowest BCUT2D eigenvalue weighted by atomic mass is 9.96. The van der Waals surface area contributed by atoms with Gasteiger partial charge in [0.25, 0.3) is 0 Å². The van der Waals surface area contributed by atoms with E-state index in [1.165, 1.54) is 27.1 Å². The van der Waals surface area contributed by atoms with Gasteiger partial charge in [-0.25, -0.2) is 4.98 Å². The van der Waals surface area contributed by atoms with Crippen molar-refractivity contribution in [2.45, 2.75) is 33.1 Å². The van der Waals surface area contributed by atoms with Gasteiger partial charge in [-0.2, -0.15) is 0 Å².